The van der Waals surface area contributed by atoms with Crippen LogP contribution in [-0.4, -0.2) is 71.3 Å². The standard InChI is InChI=1S/C25H25FN4O2/c1-28-12-14-29(15-13-28)23-22(17-6-8-19(26)9-7-17)24(31)30(25(23)32)11-10-18-16-27-21-5-3-2-4-20(18)21/h2-9,16,27H,10-15H2,1H3. The van der Waals surface area contributed by atoms with Crippen molar-refractivity contribution in [3.63, 3.8) is 0 Å². The SMILES string of the molecule is CN1CCN(C2=C(c3ccc(F)cc3)C(=O)N(CCc3c[nH]c4ccccc34)C2=O)CC1. The lowest BCUT2D eigenvalue weighted by atomic mass is 10.0. The minimum atomic E-state index is -0.372. The second-order valence-corrected chi connectivity index (χ2v) is 8.39. The molecule has 0 unspecified atom stereocenters. The van der Waals surface area contributed by atoms with E-state index in [-0.39, 0.29) is 17.6 Å². The van der Waals surface area contributed by atoms with Gasteiger partial charge in [-0.2, -0.15) is 0 Å². The summed E-state index contributed by atoms with van der Waals surface area (Å²) in [6.45, 7) is 3.27. The number of carbonyl (C=O) groups is 2. The molecule has 6 nitrogen and oxygen atoms in total. The van der Waals surface area contributed by atoms with Crippen LogP contribution in [0.4, 0.5) is 4.39 Å². The number of piperazine rings is 1. The summed E-state index contributed by atoms with van der Waals surface area (Å²) in [4.78, 5) is 35.7. The average Bonchev–Trinajstić information content (AvgIpc) is 3.32. The van der Waals surface area contributed by atoms with Crippen molar-refractivity contribution in [1.29, 1.82) is 0 Å². The number of imide groups is 1. The number of rotatable bonds is 5. The molecule has 0 saturated carbocycles. The van der Waals surface area contributed by atoms with E-state index in [0.717, 1.165) is 29.6 Å². The number of halogens is 1. The number of aromatic amines is 1. The minimum absolute atomic E-state index is 0.265. The molecule has 1 saturated heterocycles. The quantitative estimate of drug-likeness (QED) is 0.630. The van der Waals surface area contributed by atoms with Crippen molar-refractivity contribution in [2.45, 2.75) is 6.42 Å². The van der Waals surface area contributed by atoms with Crippen LogP contribution >= 0.6 is 0 Å². The Labute approximate surface area is 185 Å². The number of nitrogens with one attached hydrogen (secondary N) is 1. The Balaban J connectivity index is 1.45. The van der Waals surface area contributed by atoms with Gasteiger partial charge in [0.1, 0.15) is 11.5 Å². The number of para-hydroxylation sites is 1. The van der Waals surface area contributed by atoms with Crippen LogP contribution < -0.4 is 0 Å². The zero-order valence-corrected chi connectivity index (χ0v) is 18.0. The van der Waals surface area contributed by atoms with E-state index in [4.69, 9.17) is 0 Å². The number of carbonyl (C=O) groups excluding carboxylic acids is 2. The van der Waals surface area contributed by atoms with Gasteiger partial charge in [-0.3, -0.25) is 14.5 Å². The summed E-state index contributed by atoms with van der Waals surface area (Å²) in [6.07, 6.45) is 2.50. The van der Waals surface area contributed by atoms with E-state index >= 15 is 0 Å². The van der Waals surface area contributed by atoms with Gasteiger partial charge >= 0.3 is 0 Å². The molecular formula is C25H25FN4O2. The third-order valence-corrected chi connectivity index (χ3v) is 6.38. The van der Waals surface area contributed by atoms with Crippen LogP contribution in [0.2, 0.25) is 0 Å². The molecular weight excluding hydrogens is 407 g/mol. The van der Waals surface area contributed by atoms with Crippen LogP contribution in [0.25, 0.3) is 16.5 Å². The number of nitrogens with zero attached hydrogens (tertiary/aromatic N) is 3. The normalized spacial score (nSPS) is 17.8. The first-order valence-corrected chi connectivity index (χ1v) is 10.9. The first kappa shape index (κ1) is 20.5. The number of fused-ring (bicyclic) bond motifs is 1. The molecule has 2 aromatic carbocycles. The van der Waals surface area contributed by atoms with E-state index in [9.17, 15) is 14.0 Å². The third-order valence-electron chi connectivity index (χ3n) is 6.38. The molecule has 0 spiro atoms. The van der Waals surface area contributed by atoms with Gasteiger partial charge in [-0.25, -0.2) is 4.39 Å². The molecule has 164 valence electrons. The van der Waals surface area contributed by atoms with E-state index in [0.29, 0.717) is 42.9 Å². The zero-order valence-electron chi connectivity index (χ0n) is 18.0. The number of aromatic nitrogens is 1. The zero-order chi connectivity index (χ0) is 22.2. The fourth-order valence-corrected chi connectivity index (χ4v) is 4.54. The first-order chi connectivity index (χ1) is 15.5. The molecule has 0 radical (unpaired) electrons. The molecule has 1 N–H and O–H groups in total. The molecule has 32 heavy (non-hydrogen) atoms. The van der Waals surface area contributed by atoms with Crippen molar-refractivity contribution in [3.8, 4) is 0 Å². The number of amides is 2. The van der Waals surface area contributed by atoms with Crippen molar-refractivity contribution in [2.75, 3.05) is 39.8 Å². The monoisotopic (exact) mass is 432 g/mol. The van der Waals surface area contributed by atoms with E-state index in [1.54, 1.807) is 12.1 Å². The average molecular weight is 432 g/mol. The minimum Gasteiger partial charge on any atom is -0.364 e. The Hall–Kier alpha value is -3.45. The van der Waals surface area contributed by atoms with Crippen LogP contribution in [0.3, 0.4) is 0 Å². The van der Waals surface area contributed by atoms with Crippen molar-refractivity contribution >= 4 is 28.3 Å². The maximum Gasteiger partial charge on any atom is 0.277 e. The number of likely N-dealkylation sites (N-methyl/N-ethyl adjacent to an activating group) is 1. The lowest BCUT2D eigenvalue weighted by Crippen LogP contribution is -2.46. The Morgan fingerprint density at radius 1 is 0.938 bits per heavy atom. The maximum atomic E-state index is 13.5. The molecule has 3 heterocycles. The van der Waals surface area contributed by atoms with E-state index in [2.05, 4.69) is 9.88 Å². The third kappa shape index (κ3) is 3.58. The second kappa shape index (κ2) is 8.24. The molecule has 2 amide bonds. The largest absolute Gasteiger partial charge is 0.364 e. The molecule has 7 heteroatoms. The van der Waals surface area contributed by atoms with Gasteiger partial charge in [0.25, 0.3) is 11.8 Å². The molecule has 0 bridgehead atoms. The van der Waals surface area contributed by atoms with Gasteiger partial charge in [-0.05, 0) is 42.8 Å². The molecule has 1 fully saturated rings. The summed E-state index contributed by atoms with van der Waals surface area (Å²) < 4.78 is 13.5. The Bertz CT molecular complexity index is 1210. The van der Waals surface area contributed by atoms with E-state index < -0.39 is 0 Å². The molecule has 5 rings (SSSR count). The number of hydrogen-bond acceptors (Lipinski definition) is 4. The maximum absolute atomic E-state index is 13.5. The molecule has 0 aliphatic carbocycles. The van der Waals surface area contributed by atoms with Crippen molar-refractivity contribution < 1.29 is 14.0 Å². The Kier molecular flexibility index (Phi) is 5.27. The summed E-state index contributed by atoms with van der Waals surface area (Å²) in [6, 6.07) is 13.8. The molecule has 2 aliphatic heterocycles. The van der Waals surface area contributed by atoms with Crippen LogP contribution in [0.1, 0.15) is 11.1 Å². The van der Waals surface area contributed by atoms with Crippen molar-refractivity contribution in [3.05, 3.63) is 77.4 Å². The summed E-state index contributed by atoms with van der Waals surface area (Å²) in [7, 11) is 2.04. The first-order valence-electron chi connectivity index (χ1n) is 10.9. The predicted octanol–water partition coefficient (Wildman–Crippen LogP) is 2.88. The summed E-state index contributed by atoms with van der Waals surface area (Å²) >= 11 is 0. The summed E-state index contributed by atoms with van der Waals surface area (Å²) in [5.74, 6) is -0.947. The van der Waals surface area contributed by atoms with Crippen LogP contribution in [0.5, 0.6) is 0 Å². The Morgan fingerprint density at radius 3 is 2.41 bits per heavy atom. The van der Waals surface area contributed by atoms with Gasteiger partial charge in [0.15, 0.2) is 0 Å². The van der Waals surface area contributed by atoms with Crippen LogP contribution in [0, 0.1) is 5.82 Å². The van der Waals surface area contributed by atoms with Crippen LogP contribution in [0.15, 0.2) is 60.4 Å². The fourth-order valence-electron chi connectivity index (χ4n) is 4.54. The second-order valence-electron chi connectivity index (χ2n) is 8.39. The predicted molar refractivity (Wildman–Crippen MR) is 121 cm³/mol. The smallest absolute Gasteiger partial charge is 0.277 e. The summed E-state index contributed by atoms with van der Waals surface area (Å²) in [5, 5.41) is 1.10. The van der Waals surface area contributed by atoms with E-state index in [1.165, 1.54) is 17.0 Å². The van der Waals surface area contributed by atoms with Gasteiger partial charge in [0.2, 0.25) is 0 Å². The van der Waals surface area contributed by atoms with Crippen LogP contribution in [-0.2, 0) is 16.0 Å². The highest BCUT2D eigenvalue weighted by Crippen LogP contribution is 2.32. The molecule has 0 atom stereocenters. The Morgan fingerprint density at radius 2 is 1.66 bits per heavy atom. The lowest BCUT2D eigenvalue weighted by Gasteiger charge is -2.34. The lowest BCUT2D eigenvalue weighted by molar-refractivity contribution is -0.137. The highest BCUT2D eigenvalue weighted by atomic mass is 19.1. The number of hydrogen-bond donors (Lipinski definition) is 1. The van der Waals surface area contributed by atoms with Gasteiger partial charge in [0, 0.05) is 49.8 Å². The molecule has 3 aromatic rings. The van der Waals surface area contributed by atoms with Gasteiger partial charge in [-0.1, -0.05) is 30.3 Å². The topological polar surface area (TPSA) is 59.6 Å². The van der Waals surface area contributed by atoms with Gasteiger partial charge in [-0.15, -0.1) is 0 Å². The highest BCUT2D eigenvalue weighted by Gasteiger charge is 2.41. The number of benzene rings is 2. The van der Waals surface area contributed by atoms with Crippen molar-refractivity contribution in [1.82, 2.24) is 19.7 Å². The molecule has 1 aromatic heterocycles. The summed E-state index contributed by atoms with van der Waals surface area (Å²) in [5.41, 5.74) is 3.49. The van der Waals surface area contributed by atoms with Gasteiger partial charge < -0.3 is 14.8 Å². The highest BCUT2D eigenvalue weighted by molar-refractivity contribution is 6.35. The fraction of sp³-hybridized carbons (Fsp3) is 0.280. The van der Waals surface area contributed by atoms with Gasteiger partial charge in [0.05, 0.1) is 5.57 Å². The van der Waals surface area contributed by atoms with Crippen molar-refractivity contribution in [2.24, 2.45) is 0 Å². The number of H-pyrrole nitrogens is 1. The van der Waals surface area contributed by atoms with E-state index in [1.807, 2.05) is 42.4 Å². The molecule has 2 aliphatic rings.